The van der Waals surface area contributed by atoms with E-state index in [1.165, 1.54) is 24.3 Å². The lowest BCUT2D eigenvalue weighted by Crippen LogP contribution is -2.32. The minimum atomic E-state index is -0.492. The number of ether oxygens (including phenoxy) is 1. The first-order valence-corrected chi connectivity index (χ1v) is 10.8. The molecule has 0 fully saturated rings. The predicted molar refractivity (Wildman–Crippen MR) is 128 cm³/mol. The van der Waals surface area contributed by atoms with Gasteiger partial charge in [-0.05, 0) is 79.4 Å². The van der Waals surface area contributed by atoms with Crippen LogP contribution in [0.15, 0.2) is 72.4 Å². The Balaban J connectivity index is 1.78. The van der Waals surface area contributed by atoms with Crippen molar-refractivity contribution in [3.8, 4) is 5.75 Å². The van der Waals surface area contributed by atoms with Crippen molar-refractivity contribution in [1.29, 1.82) is 0 Å². The zero-order valence-corrected chi connectivity index (χ0v) is 18.8. The Morgan fingerprint density at radius 3 is 2.27 bits per heavy atom. The Morgan fingerprint density at radius 1 is 0.909 bits per heavy atom. The lowest BCUT2D eigenvalue weighted by atomic mass is 10.0. The summed E-state index contributed by atoms with van der Waals surface area (Å²) in [6.45, 7) is 6.51. The van der Waals surface area contributed by atoms with E-state index in [-0.39, 0.29) is 11.3 Å². The Labute approximate surface area is 192 Å². The van der Waals surface area contributed by atoms with Crippen molar-refractivity contribution in [1.82, 2.24) is 0 Å². The normalized spacial score (nSPS) is 13.6. The third kappa shape index (κ3) is 4.51. The molecule has 5 nitrogen and oxygen atoms in total. The van der Waals surface area contributed by atoms with Gasteiger partial charge in [-0.2, -0.15) is 0 Å². The smallest absolute Gasteiger partial charge is 0.282 e. The lowest BCUT2D eigenvalue weighted by Gasteiger charge is -2.16. The molecule has 3 aromatic carbocycles. The second-order valence-electron chi connectivity index (χ2n) is 7.99. The summed E-state index contributed by atoms with van der Waals surface area (Å²) in [5.41, 5.74) is 4.05. The summed E-state index contributed by atoms with van der Waals surface area (Å²) >= 11 is 0. The maximum atomic E-state index is 13.5. The average Bonchev–Trinajstić information content (AvgIpc) is 3.05. The van der Waals surface area contributed by atoms with Gasteiger partial charge in [0.1, 0.15) is 17.3 Å². The molecule has 1 aliphatic rings. The van der Waals surface area contributed by atoms with E-state index < -0.39 is 17.6 Å². The Kier molecular flexibility index (Phi) is 6.27. The first-order valence-electron chi connectivity index (χ1n) is 10.8. The zero-order valence-electron chi connectivity index (χ0n) is 18.8. The fourth-order valence-corrected chi connectivity index (χ4v) is 3.68. The van der Waals surface area contributed by atoms with Gasteiger partial charge in [0.25, 0.3) is 11.8 Å². The molecule has 0 radical (unpaired) electrons. The van der Waals surface area contributed by atoms with Gasteiger partial charge in [0.2, 0.25) is 0 Å². The number of rotatable bonds is 7. The number of carbonyl (C=O) groups is 2. The maximum Gasteiger partial charge on any atom is 0.282 e. The second kappa shape index (κ2) is 9.28. The SMILES string of the molecule is CCCOc1ccc(C2=C(Nc3cc(C)ccc3C)C(=O)N(c3ccc(F)cc3)C2=O)cc1. The molecule has 0 aliphatic carbocycles. The summed E-state index contributed by atoms with van der Waals surface area (Å²) in [6.07, 6.45) is 0.885. The molecule has 33 heavy (non-hydrogen) atoms. The number of carbonyl (C=O) groups excluding carboxylic acids is 2. The Hall–Kier alpha value is -3.93. The third-order valence-corrected chi connectivity index (χ3v) is 5.44. The number of nitrogens with zero attached hydrogens (tertiary/aromatic N) is 1. The van der Waals surface area contributed by atoms with Crippen molar-refractivity contribution in [3.05, 3.63) is 94.9 Å². The van der Waals surface area contributed by atoms with Gasteiger partial charge >= 0.3 is 0 Å². The van der Waals surface area contributed by atoms with Crippen molar-refractivity contribution in [2.24, 2.45) is 0 Å². The molecule has 6 heteroatoms. The van der Waals surface area contributed by atoms with E-state index in [0.717, 1.165) is 28.1 Å². The molecule has 2 amide bonds. The lowest BCUT2D eigenvalue weighted by molar-refractivity contribution is -0.120. The van der Waals surface area contributed by atoms with Gasteiger partial charge in [-0.1, -0.05) is 31.2 Å². The molecule has 0 spiro atoms. The molecule has 4 rings (SSSR count). The monoisotopic (exact) mass is 444 g/mol. The second-order valence-corrected chi connectivity index (χ2v) is 7.99. The van der Waals surface area contributed by atoms with Gasteiger partial charge in [-0.25, -0.2) is 9.29 Å². The van der Waals surface area contributed by atoms with Gasteiger partial charge in [0, 0.05) is 5.69 Å². The first-order chi connectivity index (χ1) is 15.9. The summed E-state index contributed by atoms with van der Waals surface area (Å²) < 4.78 is 19.1. The molecule has 0 saturated carbocycles. The number of aryl methyl sites for hydroxylation is 2. The third-order valence-electron chi connectivity index (χ3n) is 5.44. The number of benzene rings is 3. The zero-order chi connectivity index (χ0) is 23.5. The first kappa shape index (κ1) is 22.3. The van der Waals surface area contributed by atoms with Gasteiger partial charge in [0.05, 0.1) is 17.9 Å². The van der Waals surface area contributed by atoms with Crippen molar-refractivity contribution < 1.29 is 18.7 Å². The summed E-state index contributed by atoms with van der Waals surface area (Å²) in [6, 6.07) is 18.3. The molecule has 3 aromatic rings. The van der Waals surface area contributed by atoms with Crippen LogP contribution in [0.25, 0.3) is 5.57 Å². The van der Waals surface area contributed by atoms with Crippen LogP contribution in [0.5, 0.6) is 5.75 Å². The molecule has 0 saturated heterocycles. The minimum absolute atomic E-state index is 0.181. The summed E-state index contributed by atoms with van der Waals surface area (Å²) in [5, 5.41) is 3.20. The maximum absolute atomic E-state index is 13.5. The van der Waals surface area contributed by atoms with Crippen LogP contribution < -0.4 is 15.0 Å². The van der Waals surface area contributed by atoms with E-state index in [4.69, 9.17) is 4.74 Å². The molecule has 1 aliphatic heterocycles. The standard InChI is InChI=1S/C27H25FN2O3/c1-4-15-33-22-13-7-19(8-14-22)24-25(29-23-16-17(2)5-6-18(23)3)27(32)30(26(24)31)21-11-9-20(28)10-12-21/h5-14,16,29H,4,15H2,1-3H3. The highest BCUT2D eigenvalue weighted by atomic mass is 19.1. The molecule has 168 valence electrons. The molecular formula is C27H25FN2O3. The van der Waals surface area contributed by atoms with E-state index in [1.54, 1.807) is 24.3 Å². The van der Waals surface area contributed by atoms with Crippen molar-refractivity contribution >= 4 is 28.8 Å². The van der Waals surface area contributed by atoms with Gasteiger partial charge in [-0.3, -0.25) is 9.59 Å². The number of anilines is 2. The number of imide groups is 1. The molecule has 1 heterocycles. The fourth-order valence-electron chi connectivity index (χ4n) is 3.68. The van der Waals surface area contributed by atoms with Crippen LogP contribution >= 0.6 is 0 Å². The molecule has 0 unspecified atom stereocenters. The average molecular weight is 445 g/mol. The van der Waals surface area contributed by atoms with Gasteiger partial charge < -0.3 is 10.1 Å². The quantitative estimate of drug-likeness (QED) is 0.480. The number of nitrogens with one attached hydrogen (secondary N) is 1. The van der Waals surface area contributed by atoms with Crippen LogP contribution in [0.3, 0.4) is 0 Å². The highest BCUT2D eigenvalue weighted by Gasteiger charge is 2.40. The summed E-state index contributed by atoms with van der Waals surface area (Å²) in [5.74, 6) is -0.713. The molecule has 0 aromatic heterocycles. The van der Waals surface area contributed by atoms with E-state index in [0.29, 0.717) is 23.6 Å². The Bertz CT molecular complexity index is 1230. The van der Waals surface area contributed by atoms with Crippen LogP contribution in [0.4, 0.5) is 15.8 Å². The van der Waals surface area contributed by atoms with E-state index in [2.05, 4.69) is 5.32 Å². The van der Waals surface area contributed by atoms with Crippen LogP contribution in [-0.4, -0.2) is 18.4 Å². The fraction of sp³-hybridized carbons (Fsp3) is 0.185. The topological polar surface area (TPSA) is 58.6 Å². The van der Waals surface area contributed by atoms with Crippen LogP contribution in [0.2, 0.25) is 0 Å². The number of hydrogen-bond donors (Lipinski definition) is 1. The number of hydrogen-bond acceptors (Lipinski definition) is 4. The highest BCUT2D eigenvalue weighted by molar-refractivity contribution is 6.46. The minimum Gasteiger partial charge on any atom is -0.494 e. The summed E-state index contributed by atoms with van der Waals surface area (Å²) in [4.78, 5) is 28.0. The van der Waals surface area contributed by atoms with Gasteiger partial charge in [0.15, 0.2) is 0 Å². The van der Waals surface area contributed by atoms with Crippen molar-refractivity contribution in [2.75, 3.05) is 16.8 Å². The van der Waals surface area contributed by atoms with Crippen LogP contribution in [0, 0.1) is 19.7 Å². The van der Waals surface area contributed by atoms with Crippen LogP contribution in [-0.2, 0) is 9.59 Å². The van der Waals surface area contributed by atoms with Crippen molar-refractivity contribution in [3.63, 3.8) is 0 Å². The van der Waals surface area contributed by atoms with Gasteiger partial charge in [-0.15, -0.1) is 0 Å². The Morgan fingerprint density at radius 2 is 1.61 bits per heavy atom. The molecular weight excluding hydrogens is 419 g/mol. The number of amides is 2. The van der Waals surface area contributed by atoms with Crippen LogP contribution in [0.1, 0.15) is 30.0 Å². The predicted octanol–water partition coefficient (Wildman–Crippen LogP) is 5.63. The largest absolute Gasteiger partial charge is 0.494 e. The highest BCUT2D eigenvalue weighted by Crippen LogP contribution is 2.35. The molecule has 0 atom stereocenters. The number of halogens is 1. The summed E-state index contributed by atoms with van der Waals surface area (Å²) in [7, 11) is 0. The molecule has 1 N–H and O–H groups in total. The molecule has 0 bridgehead atoms. The van der Waals surface area contributed by atoms with E-state index in [9.17, 15) is 14.0 Å². The van der Waals surface area contributed by atoms with Crippen molar-refractivity contribution in [2.45, 2.75) is 27.2 Å². The van der Waals surface area contributed by atoms with E-state index >= 15 is 0 Å². The van der Waals surface area contributed by atoms with E-state index in [1.807, 2.05) is 39.0 Å².